The van der Waals surface area contributed by atoms with Crippen LogP contribution in [0.2, 0.25) is 5.02 Å². The zero-order valence-corrected chi connectivity index (χ0v) is 19.7. The van der Waals surface area contributed by atoms with Crippen LogP contribution in [0.1, 0.15) is 23.0 Å². The van der Waals surface area contributed by atoms with Gasteiger partial charge in [0.15, 0.2) is 11.6 Å². The average molecular weight is 510 g/mol. The Hall–Kier alpha value is -4.04. The van der Waals surface area contributed by atoms with Gasteiger partial charge in [-0.1, -0.05) is 23.7 Å². The first-order valence-corrected chi connectivity index (χ1v) is 11.5. The van der Waals surface area contributed by atoms with Crippen LogP contribution >= 0.6 is 11.6 Å². The maximum atomic E-state index is 14.0. The highest BCUT2D eigenvalue weighted by Crippen LogP contribution is 2.39. The van der Waals surface area contributed by atoms with E-state index in [0.717, 1.165) is 12.1 Å². The van der Waals surface area contributed by atoms with Gasteiger partial charge in [0.05, 0.1) is 24.3 Å². The van der Waals surface area contributed by atoms with Crippen molar-refractivity contribution >= 4 is 28.5 Å². The van der Waals surface area contributed by atoms with Gasteiger partial charge in [-0.15, -0.1) is 0 Å². The standard InChI is InChI=1S/C27H19ClF3N3O2/c1-2-36-27(35)25-23(19-9-6-17(28)12-22(19)33-25)26-24(16-4-7-18(29)8-5-16)32-14-34(26)13-15-3-10-20(30)21(31)11-15/h3-12,14,33H,2,13H2,1H3. The second-order valence-corrected chi connectivity index (χ2v) is 8.55. The van der Waals surface area contributed by atoms with E-state index in [9.17, 15) is 18.0 Å². The van der Waals surface area contributed by atoms with E-state index in [0.29, 0.717) is 44.0 Å². The van der Waals surface area contributed by atoms with E-state index in [1.54, 1.807) is 48.1 Å². The van der Waals surface area contributed by atoms with Gasteiger partial charge in [-0.2, -0.15) is 0 Å². The van der Waals surface area contributed by atoms with E-state index in [2.05, 4.69) is 9.97 Å². The van der Waals surface area contributed by atoms with Crippen LogP contribution in [0, 0.1) is 17.5 Å². The molecule has 9 heteroatoms. The Morgan fingerprint density at radius 2 is 1.81 bits per heavy atom. The fraction of sp³-hybridized carbons (Fsp3) is 0.111. The number of hydrogen-bond acceptors (Lipinski definition) is 3. The number of aromatic nitrogens is 3. The first-order valence-electron chi connectivity index (χ1n) is 11.1. The van der Waals surface area contributed by atoms with E-state index in [1.807, 2.05) is 0 Å². The second kappa shape index (κ2) is 9.54. The summed E-state index contributed by atoms with van der Waals surface area (Å²) in [5.41, 5.74) is 3.37. The quantitative estimate of drug-likeness (QED) is 0.251. The molecule has 5 nitrogen and oxygen atoms in total. The molecule has 2 aromatic heterocycles. The van der Waals surface area contributed by atoms with Crippen LogP contribution in [0.4, 0.5) is 13.2 Å². The molecule has 0 amide bonds. The lowest BCUT2D eigenvalue weighted by molar-refractivity contribution is 0.0521. The van der Waals surface area contributed by atoms with Crippen LogP contribution < -0.4 is 0 Å². The van der Waals surface area contributed by atoms with Gasteiger partial charge in [0.2, 0.25) is 0 Å². The molecule has 0 aliphatic heterocycles. The van der Waals surface area contributed by atoms with Crippen LogP contribution in [-0.2, 0) is 11.3 Å². The number of carbonyl (C=O) groups is 1. The van der Waals surface area contributed by atoms with E-state index in [1.165, 1.54) is 18.2 Å². The van der Waals surface area contributed by atoms with E-state index in [4.69, 9.17) is 16.3 Å². The molecule has 0 fully saturated rings. The number of ether oxygens (including phenoxy) is 1. The number of aromatic amines is 1. The van der Waals surface area contributed by atoms with Crippen molar-refractivity contribution in [1.29, 1.82) is 0 Å². The van der Waals surface area contributed by atoms with Gasteiger partial charge in [-0.05, 0) is 61.0 Å². The van der Waals surface area contributed by atoms with Gasteiger partial charge in [-0.25, -0.2) is 22.9 Å². The number of esters is 1. The molecule has 5 aromatic rings. The molecule has 5 rings (SSSR count). The molecule has 2 heterocycles. The van der Waals surface area contributed by atoms with Gasteiger partial charge in [0, 0.05) is 33.6 Å². The molecular formula is C27H19ClF3N3O2. The topological polar surface area (TPSA) is 59.9 Å². The molecule has 3 aromatic carbocycles. The Balaban J connectivity index is 1.78. The van der Waals surface area contributed by atoms with E-state index >= 15 is 0 Å². The van der Waals surface area contributed by atoms with Crippen LogP contribution in [0.15, 0.2) is 67.0 Å². The van der Waals surface area contributed by atoms with Crippen molar-refractivity contribution in [1.82, 2.24) is 14.5 Å². The maximum Gasteiger partial charge on any atom is 0.355 e. The van der Waals surface area contributed by atoms with Gasteiger partial charge in [0.25, 0.3) is 0 Å². The zero-order chi connectivity index (χ0) is 25.4. The summed E-state index contributed by atoms with van der Waals surface area (Å²) in [6.45, 7) is 1.99. The number of fused-ring (bicyclic) bond motifs is 1. The van der Waals surface area contributed by atoms with Crippen molar-refractivity contribution in [3.63, 3.8) is 0 Å². The highest BCUT2D eigenvalue weighted by atomic mass is 35.5. The molecule has 0 unspecified atom stereocenters. The molecule has 0 radical (unpaired) electrons. The third kappa shape index (κ3) is 4.35. The molecule has 1 N–H and O–H groups in total. The molecular weight excluding hydrogens is 491 g/mol. The molecule has 36 heavy (non-hydrogen) atoms. The van der Waals surface area contributed by atoms with Crippen molar-refractivity contribution in [2.75, 3.05) is 6.61 Å². The maximum absolute atomic E-state index is 14.0. The summed E-state index contributed by atoms with van der Waals surface area (Å²) in [4.78, 5) is 20.7. The lowest BCUT2D eigenvalue weighted by Gasteiger charge is -2.13. The number of carbonyl (C=O) groups excluding carboxylic acids is 1. The van der Waals surface area contributed by atoms with Crippen LogP contribution in [0.25, 0.3) is 33.4 Å². The second-order valence-electron chi connectivity index (χ2n) is 8.11. The van der Waals surface area contributed by atoms with Gasteiger partial charge in [0.1, 0.15) is 11.5 Å². The van der Waals surface area contributed by atoms with Crippen molar-refractivity contribution in [3.05, 3.63) is 101 Å². The molecule has 182 valence electrons. The number of benzene rings is 3. The number of hydrogen-bond donors (Lipinski definition) is 1. The molecule has 0 spiro atoms. The number of rotatable bonds is 6. The van der Waals surface area contributed by atoms with Gasteiger partial charge in [-0.3, -0.25) is 0 Å². The fourth-order valence-electron chi connectivity index (χ4n) is 4.19. The Morgan fingerprint density at radius 1 is 1.03 bits per heavy atom. The fourth-order valence-corrected chi connectivity index (χ4v) is 4.36. The smallest absolute Gasteiger partial charge is 0.355 e. The largest absolute Gasteiger partial charge is 0.461 e. The number of imidazole rings is 1. The minimum atomic E-state index is -0.970. The first kappa shape index (κ1) is 23.7. The lowest BCUT2D eigenvalue weighted by Crippen LogP contribution is -2.09. The van der Waals surface area contributed by atoms with Crippen molar-refractivity contribution < 1.29 is 22.7 Å². The number of nitrogens with zero attached hydrogens (tertiary/aromatic N) is 2. The highest BCUT2D eigenvalue weighted by Gasteiger charge is 2.26. The minimum Gasteiger partial charge on any atom is -0.461 e. The number of nitrogens with one attached hydrogen (secondary N) is 1. The Morgan fingerprint density at radius 3 is 2.53 bits per heavy atom. The predicted octanol–water partition coefficient (Wildman–Crippen LogP) is 6.99. The zero-order valence-electron chi connectivity index (χ0n) is 19.0. The normalized spacial score (nSPS) is 11.2. The Bertz CT molecular complexity index is 1590. The van der Waals surface area contributed by atoms with Crippen molar-refractivity contribution in [2.24, 2.45) is 0 Å². The SMILES string of the molecule is CCOC(=O)c1[nH]c2cc(Cl)ccc2c1-c1c(-c2ccc(F)cc2)ncn1Cc1ccc(F)c(F)c1. The van der Waals surface area contributed by atoms with Crippen LogP contribution in [0.5, 0.6) is 0 Å². The molecule has 0 atom stereocenters. The van der Waals surface area contributed by atoms with Gasteiger partial charge < -0.3 is 14.3 Å². The van der Waals surface area contributed by atoms with Crippen LogP contribution in [-0.4, -0.2) is 27.1 Å². The molecule has 0 bridgehead atoms. The monoisotopic (exact) mass is 509 g/mol. The van der Waals surface area contributed by atoms with E-state index < -0.39 is 23.4 Å². The summed E-state index contributed by atoms with van der Waals surface area (Å²) in [7, 11) is 0. The van der Waals surface area contributed by atoms with Gasteiger partial charge >= 0.3 is 5.97 Å². The van der Waals surface area contributed by atoms with Crippen molar-refractivity contribution in [3.8, 4) is 22.5 Å². The van der Waals surface area contributed by atoms with E-state index in [-0.39, 0.29) is 18.8 Å². The summed E-state index contributed by atoms with van der Waals surface area (Å²) < 4.78 is 48.2. The summed E-state index contributed by atoms with van der Waals surface area (Å²) in [5, 5.41) is 1.15. The lowest BCUT2D eigenvalue weighted by atomic mass is 10.0. The van der Waals surface area contributed by atoms with Crippen LogP contribution in [0.3, 0.4) is 0 Å². The summed E-state index contributed by atoms with van der Waals surface area (Å²) in [6.07, 6.45) is 1.54. The van der Waals surface area contributed by atoms with Crippen molar-refractivity contribution in [2.45, 2.75) is 13.5 Å². The molecule has 0 saturated carbocycles. The third-order valence-electron chi connectivity index (χ3n) is 5.77. The average Bonchev–Trinajstić information content (AvgIpc) is 3.42. The summed E-state index contributed by atoms with van der Waals surface area (Å²) >= 11 is 6.20. The number of halogens is 4. The molecule has 0 aliphatic rings. The third-order valence-corrected chi connectivity index (χ3v) is 6.00. The Labute approximate surface area is 209 Å². The predicted molar refractivity (Wildman–Crippen MR) is 131 cm³/mol. The minimum absolute atomic E-state index is 0.128. The number of H-pyrrole nitrogens is 1. The highest BCUT2D eigenvalue weighted by molar-refractivity contribution is 6.31. The summed E-state index contributed by atoms with van der Waals surface area (Å²) in [5.74, 6) is -2.91. The Kier molecular flexibility index (Phi) is 6.28. The molecule has 0 saturated heterocycles. The molecule has 0 aliphatic carbocycles. The first-order chi connectivity index (χ1) is 17.4. The summed E-state index contributed by atoms with van der Waals surface area (Å²) in [6, 6.07) is 14.6.